The van der Waals surface area contributed by atoms with Crippen molar-refractivity contribution in [1.82, 2.24) is 4.90 Å². The maximum atomic E-state index is 12.2. The van der Waals surface area contributed by atoms with Crippen LogP contribution in [0.3, 0.4) is 0 Å². The zero-order valence-corrected chi connectivity index (χ0v) is 17.0. The van der Waals surface area contributed by atoms with Crippen LogP contribution in [-0.4, -0.2) is 42.7 Å². The predicted molar refractivity (Wildman–Crippen MR) is 109 cm³/mol. The Bertz CT molecular complexity index is 849. The normalized spacial score (nSPS) is 10.3. The van der Waals surface area contributed by atoms with Gasteiger partial charge in [0.2, 0.25) is 5.91 Å². The van der Waals surface area contributed by atoms with Crippen LogP contribution in [-0.2, 0) is 9.59 Å². The van der Waals surface area contributed by atoms with Crippen molar-refractivity contribution < 1.29 is 19.1 Å². The van der Waals surface area contributed by atoms with Crippen LogP contribution in [0.25, 0.3) is 0 Å². The summed E-state index contributed by atoms with van der Waals surface area (Å²) in [4.78, 5) is 37.1. The summed E-state index contributed by atoms with van der Waals surface area (Å²) in [6.45, 7) is 1.36. The molecule has 0 aliphatic heterocycles. The third-order valence-corrected chi connectivity index (χ3v) is 4.52. The summed E-state index contributed by atoms with van der Waals surface area (Å²) >= 11 is 12.0. The Morgan fingerprint density at radius 1 is 1.04 bits per heavy atom. The molecule has 2 aromatic rings. The highest BCUT2D eigenvalue weighted by molar-refractivity contribution is 6.39. The van der Waals surface area contributed by atoms with Gasteiger partial charge in [0.25, 0.3) is 5.91 Å². The number of para-hydroxylation sites is 1. The fourth-order valence-corrected chi connectivity index (χ4v) is 2.79. The number of Topliss-reactive ketones (excluding diaryl/α,β-unsaturated/α-hetero) is 1. The molecule has 8 heteroatoms. The average Bonchev–Trinajstić information content (AvgIpc) is 2.68. The number of nitrogens with one attached hydrogen (secondary N) is 1. The minimum absolute atomic E-state index is 0.0343. The standard InChI is InChI=1S/C20H20Cl2N2O4/c1-3-17(25)13-7-9-14(10-8-13)28-12-19(27)24(2)11-18(26)23-20-15(21)5-4-6-16(20)22/h4-10H,3,11-12H2,1-2H3,(H,23,26). The van der Waals surface area contributed by atoms with Crippen LogP contribution >= 0.6 is 23.2 Å². The number of anilines is 1. The Hall–Kier alpha value is -2.57. The number of hydrogen-bond donors (Lipinski definition) is 1. The van der Waals surface area contributed by atoms with Gasteiger partial charge in [-0.2, -0.15) is 0 Å². The number of benzene rings is 2. The Labute approximate surface area is 173 Å². The molecule has 0 aromatic heterocycles. The molecule has 28 heavy (non-hydrogen) atoms. The van der Waals surface area contributed by atoms with E-state index in [4.69, 9.17) is 27.9 Å². The van der Waals surface area contributed by atoms with Crippen molar-refractivity contribution in [2.24, 2.45) is 0 Å². The first-order valence-corrected chi connectivity index (χ1v) is 9.31. The van der Waals surface area contributed by atoms with E-state index in [2.05, 4.69) is 5.32 Å². The molecule has 0 heterocycles. The molecule has 0 atom stereocenters. The lowest BCUT2D eigenvalue weighted by Gasteiger charge is -2.18. The van der Waals surface area contributed by atoms with E-state index in [-0.39, 0.29) is 24.8 Å². The summed E-state index contributed by atoms with van der Waals surface area (Å²) in [6, 6.07) is 11.4. The van der Waals surface area contributed by atoms with E-state index < -0.39 is 5.91 Å². The minimum atomic E-state index is -0.437. The quantitative estimate of drug-likeness (QED) is 0.650. The Morgan fingerprint density at radius 2 is 1.64 bits per heavy atom. The zero-order valence-electron chi connectivity index (χ0n) is 15.5. The van der Waals surface area contributed by atoms with Gasteiger partial charge in [-0.25, -0.2) is 0 Å². The van der Waals surface area contributed by atoms with E-state index in [0.717, 1.165) is 0 Å². The maximum absolute atomic E-state index is 12.2. The third kappa shape index (κ3) is 5.97. The highest BCUT2D eigenvalue weighted by atomic mass is 35.5. The van der Waals surface area contributed by atoms with Gasteiger partial charge in [-0.05, 0) is 36.4 Å². The molecule has 2 amide bonds. The van der Waals surface area contributed by atoms with Crippen molar-refractivity contribution in [3.8, 4) is 5.75 Å². The number of hydrogen-bond acceptors (Lipinski definition) is 4. The summed E-state index contributed by atoms with van der Waals surface area (Å²) in [7, 11) is 1.49. The summed E-state index contributed by atoms with van der Waals surface area (Å²) in [5, 5.41) is 3.21. The summed E-state index contributed by atoms with van der Waals surface area (Å²) in [5.41, 5.74) is 0.892. The van der Waals surface area contributed by atoms with Crippen molar-refractivity contribution >= 4 is 46.5 Å². The largest absolute Gasteiger partial charge is 0.484 e. The second-order valence-corrected chi connectivity index (χ2v) is 6.80. The molecular formula is C20H20Cl2N2O4. The summed E-state index contributed by atoms with van der Waals surface area (Å²) in [6.07, 6.45) is 0.422. The first-order chi connectivity index (χ1) is 13.3. The van der Waals surface area contributed by atoms with Crippen LogP contribution in [0.1, 0.15) is 23.7 Å². The number of halogens is 2. The molecule has 0 saturated heterocycles. The van der Waals surface area contributed by atoms with Gasteiger partial charge in [-0.15, -0.1) is 0 Å². The van der Waals surface area contributed by atoms with Gasteiger partial charge in [0.15, 0.2) is 12.4 Å². The van der Waals surface area contributed by atoms with Gasteiger partial charge in [0, 0.05) is 19.0 Å². The number of rotatable bonds is 8. The van der Waals surface area contributed by atoms with Gasteiger partial charge in [0.1, 0.15) is 5.75 Å². The molecule has 0 spiro atoms. The Balaban J connectivity index is 1.85. The molecule has 0 bridgehead atoms. The molecule has 0 radical (unpaired) electrons. The average molecular weight is 423 g/mol. The zero-order chi connectivity index (χ0) is 20.7. The summed E-state index contributed by atoms with van der Waals surface area (Å²) < 4.78 is 5.42. The van der Waals surface area contributed by atoms with Crippen LogP contribution in [0.5, 0.6) is 5.75 Å². The molecule has 0 saturated carbocycles. The predicted octanol–water partition coefficient (Wildman–Crippen LogP) is 4.06. The van der Waals surface area contributed by atoms with Crippen LogP contribution in [0.4, 0.5) is 5.69 Å². The third-order valence-electron chi connectivity index (χ3n) is 3.89. The SMILES string of the molecule is CCC(=O)c1ccc(OCC(=O)N(C)CC(=O)Nc2c(Cl)cccc2Cl)cc1. The number of ketones is 1. The molecule has 6 nitrogen and oxygen atoms in total. The molecule has 1 N–H and O–H groups in total. The Kier molecular flexibility index (Phi) is 7.84. The number of carbonyl (C=O) groups is 3. The fourth-order valence-electron chi connectivity index (χ4n) is 2.30. The maximum Gasteiger partial charge on any atom is 0.260 e. The summed E-state index contributed by atoms with van der Waals surface area (Å²) in [5.74, 6) is -0.323. The first kappa shape index (κ1) is 21.7. The molecule has 148 valence electrons. The van der Waals surface area contributed by atoms with Gasteiger partial charge in [-0.3, -0.25) is 14.4 Å². The number of amides is 2. The minimum Gasteiger partial charge on any atom is -0.484 e. The van der Waals surface area contributed by atoms with Crippen LogP contribution in [0, 0.1) is 0 Å². The lowest BCUT2D eigenvalue weighted by atomic mass is 10.1. The smallest absolute Gasteiger partial charge is 0.260 e. The van der Waals surface area contributed by atoms with E-state index >= 15 is 0 Å². The van der Waals surface area contributed by atoms with Crippen LogP contribution < -0.4 is 10.1 Å². The van der Waals surface area contributed by atoms with E-state index in [9.17, 15) is 14.4 Å². The molecular weight excluding hydrogens is 403 g/mol. The second kappa shape index (κ2) is 10.1. The first-order valence-electron chi connectivity index (χ1n) is 8.55. The van der Waals surface area contributed by atoms with Gasteiger partial charge >= 0.3 is 0 Å². The number of ether oxygens (including phenoxy) is 1. The van der Waals surface area contributed by atoms with Crippen molar-refractivity contribution in [1.29, 1.82) is 0 Å². The van der Waals surface area contributed by atoms with E-state index in [1.165, 1.54) is 11.9 Å². The van der Waals surface area contributed by atoms with E-state index in [0.29, 0.717) is 33.5 Å². The van der Waals surface area contributed by atoms with Crippen molar-refractivity contribution in [3.05, 3.63) is 58.1 Å². The molecule has 0 aliphatic carbocycles. The number of likely N-dealkylation sites (N-methyl/N-ethyl adjacent to an activating group) is 1. The molecule has 0 fully saturated rings. The molecule has 0 unspecified atom stereocenters. The topological polar surface area (TPSA) is 75.7 Å². The highest BCUT2D eigenvalue weighted by Gasteiger charge is 2.16. The molecule has 2 rings (SSSR count). The lowest BCUT2D eigenvalue weighted by Crippen LogP contribution is -2.37. The van der Waals surface area contributed by atoms with Gasteiger partial charge in [0.05, 0.1) is 22.3 Å². The van der Waals surface area contributed by atoms with Gasteiger partial charge < -0.3 is 15.0 Å². The molecule has 2 aromatic carbocycles. The highest BCUT2D eigenvalue weighted by Crippen LogP contribution is 2.29. The van der Waals surface area contributed by atoms with Crippen molar-refractivity contribution in [2.75, 3.05) is 25.5 Å². The Morgan fingerprint density at radius 3 is 2.21 bits per heavy atom. The van der Waals surface area contributed by atoms with Gasteiger partial charge in [-0.1, -0.05) is 36.2 Å². The van der Waals surface area contributed by atoms with Crippen molar-refractivity contribution in [2.45, 2.75) is 13.3 Å². The second-order valence-electron chi connectivity index (χ2n) is 5.98. The molecule has 0 aliphatic rings. The fraction of sp³-hybridized carbons (Fsp3) is 0.250. The van der Waals surface area contributed by atoms with Crippen LogP contribution in [0.15, 0.2) is 42.5 Å². The van der Waals surface area contributed by atoms with E-state index in [1.54, 1.807) is 49.4 Å². The lowest BCUT2D eigenvalue weighted by molar-refractivity contribution is -0.135. The number of carbonyl (C=O) groups excluding carboxylic acids is 3. The van der Waals surface area contributed by atoms with Crippen molar-refractivity contribution in [3.63, 3.8) is 0 Å². The van der Waals surface area contributed by atoms with E-state index in [1.807, 2.05) is 0 Å². The monoisotopic (exact) mass is 422 g/mol. The number of nitrogens with zero attached hydrogens (tertiary/aromatic N) is 1. The van der Waals surface area contributed by atoms with Crippen LogP contribution in [0.2, 0.25) is 10.0 Å².